The van der Waals surface area contributed by atoms with Crippen LogP contribution in [0.4, 0.5) is 11.4 Å². The van der Waals surface area contributed by atoms with Crippen LogP contribution >= 0.6 is 0 Å². The molecule has 0 spiro atoms. The van der Waals surface area contributed by atoms with E-state index in [2.05, 4.69) is 20.7 Å². The van der Waals surface area contributed by atoms with Crippen molar-refractivity contribution in [2.24, 2.45) is 0 Å². The molecule has 0 bridgehead atoms. The number of hydrogen-bond donors (Lipinski definition) is 3. The molecule has 2 aromatic rings. The van der Waals surface area contributed by atoms with Gasteiger partial charge in [0.1, 0.15) is 12.6 Å². The van der Waals surface area contributed by atoms with E-state index in [0.717, 1.165) is 6.42 Å². The number of rotatable bonds is 7. The van der Waals surface area contributed by atoms with E-state index in [0.29, 0.717) is 35.5 Å². The lowest BCUT2D eigenvalue weighted by molar-refractivity contribution is -0.139. The topological polar surface area (TPSA) is 123 Å². The normalized spacial score (nSPS) is 15.1. The molecule has 9 nitrogen and oxygen atoms in total. The van der Waals surface area contributed by atoms with Crippen molar-refractivity contribution in [3.63, 3.8) is 0 Å². The highest BCUT2D eigenvalue weighted by Crippen LogP contribution is 2.17. The first-order valence-corrected chi connectivity index (χ1v) is 9.75. The minimum Gasteiger partial charge on any atom is -0.468 e. The summed E-state index contributed by atoms with van der Waals surface area (Å²) in [6, 6.07) is 12.8. The van der Waals surface area contributed by atoms with E-state index < -0.39 is 18.0 Å². The van der Waals surface area contributed by atoms with Gasteiger partial charge >= 0.3 is 5.97 Å². The van der Waals surface area contributed by atoms with Crippen molar-refractivity contribution in [2.45, 2.75) is 18.9 Å². The van der Waals surface area contributed by atoms with Crippen molar-refractivity contribution < 1.29 is 28.7 Å². The molecule has 3 amide bonds. The molecule has 3 N–H and O–H groups in total. The maximum atomic E-state index is 12.6. The Morgan fingerprint density at radius 1 is 0.968 bits per heavy atom. The molecule has 1 aliphatic rings. The molecular weight excluding hydrogens is 402 g/mol. The van der Waals surface area contributed by atoms with E-state index in [9.17, 15) is 19.2 Å². The zero-order valence-corrected chi connectivity index (χ0v) is 17.0. The van der Waals surface area contributed by atoms with E-state index in [1.54, 1.807) is 36.4 Å². The van der Waals surface area contributed by atoms with Crippen LogP contribution < -0.4 is 16.0 Å². The number of esters is 1. The molecule has 31 heavy (non-hydrogen) atoms. The zero-order chi connectivity index (χ0) is 22.2. The summed E-state index contributed by atoms with van der Waals surface area (Å²) >= 11 is 0. The van der Waals surface area contributed by atoms with E-state index in [4.69, 9.17) is 4.74 Å². The third kappa shape index (κ3) is 6.13. The Hall–Kier alpha value is -3.72. The Morgan fingerprint density at radius 2 is 1.74 bits per heavy atom. The smallest absolute Gasteiger partial charge is 0.325 e. The van der Waals surface area contributed by atoms with Gasteiger partial charge in [-0.1, -0.05) is 6.07 Å². The van der Waals surface area contributed by atoms with Gasteiger partial charge in [0.15, 0.2) is 0 Å². The van der Waals surface area contributed by atoms with Crippen molar-refractivity contribution in [3.8, 4) is 0 Å². The maximum absolute atomic E-state index is 12.6. The van der Waals surface area contributed by atoms with Crippen LogP contribution in [0.3, 0.4) is 0 Å². The summed E-state index contributed by atoms with van der Waals surface area (Å²) in [4.78, 5) is 47.8. The number of amides is 3. The molecule has 162 valence electrons. The molecule has 1 atom stereocenters. The summed E-state index contributed by atoms with van der Waals surface area (Å²) < 4.78 is 9.83. The first kappa shape index (κ1) is 22.0. The van der Waals surface area contributed by atoms with Gasteiger partial charge in [-0.15, -0.1) is 0 Å². The second kappa shape index (κ2) is 10.4. The van der Waals surface area contributed by atoms with E-state index in [1.807, 2.05) is 0 Å². The lowest BCUT2D eigenvalue weighted by Gasteiger charge is -2.12. The fourth-order valence-electron chi connectivity index (χ4n) is 2.98. The number of carbonyl (C=O) groups is 4. The predicted molar refractivity (Wildman–Crippen MR) is 113 cm³/mol. The van der Waals surface area contributed by atoms with E-state index in [1.165, 1.54) is 19.2 Å². The minimum atomic E-state index is -0.550. The number of ether oxygens (including phenoxy) is 2. The van der Waals surface area contributed by atoms with Crippen molar-refractivity contribution in [3.05, 3.63) is 59.7 Å². The molecule has 0 radical (unpaired) electrons. The van der Waals surface area contributed by atoms with Gasteiger partial charge < -0.3 is 25.4 Å². The molecule has 1 saturated heterocycles. The lowest BCUT2D eigenvalue weighted by Crippen LogP contribution is -2.30. The third-order valence-electron chi connectivity index (χ3n) is 4.64. The van der Waals surface area contributed by atoms with Gasteiger partial charge in [-0.25, -0.2) is 0 Å². The van der Waals surface area contributed by atoms with Crippen LogP contribution in [-0.2, 0) is 19.1 Å². The summed E-state index contributed by atoms with van der Waals surface area (Å²) in [5.74, 6) is -1.57. The second-order valence-corrected chi connectivity index (χ2v) is 6.86. The largest absolute Gasteiger partial charge is 0.468 e. The highest BCUT2D eigenvalue weighted by molar-refractivity contribution is 6.06. The van der Waals surface area contributed by atoms with Gasteiger partial charge in [0.05, 0.1) is 7.11 Å². The average molecular weight is 425 g/mol. The number of nitrogens with one attached hydrogen (secondary N) is 3. The highest BCUT2D eigenvalue weighted by Gasteiger charge is 2.23. The molecular formula is C22H23N3O6. The van der Waals surface area contributed by atoms with Crippen LogP contribution in [0.25, 0.3) is 0 Å². The minimum absolute atomic E-state index is 0.226. The Labute approximate surface area is 179 Å². The number of carbonyl (C=O) groups excluding carboxylic acids is 4. The van der Waals surface area contributed by atoms with Crippen molar-refractivity contribution in [2.75, 3.05) is 30.9 Å². The fraction of sp³-hybridized carbons (Fsp3) is 0.273. The molecule has 2 aromatic carbocycles. The molecule has 3 rings (SSSR count). The zero-order valence-electron chi connectivity index (χ0n) is 17.0. The maximum Gasteiger partial charge on any atom is 0.325 e. The number of methoxy groups -OCH3 is 1. The monoisotopic (exact) mass is 425 g/mol. The Balaban J connectivity index is 1.57. The van der Waals surface area contributed by atoms with E-state index in [-0.39, 0.29) is 18.4 Å². The summed E-state index contributed by atoms with van der Waals surface area (Å²) in [5, 5.41) is 7.94. The van der Waals surface area contributed by atoms with Crippen LogP contribution in [0, 0.1) is 0 Å². The molecule has 0 saturated carbocycles. The number of benzene rings is 2. The SMILES string of the molecule is COC(=O)CNC(=O)c1ccc(NC(=O)c2cccc(NC(=O)C3CCCO3)c2)cc1. The average Bonchev–Trinajstić information content (AvgIpc) is 3.33. The first-order chi connectivity index (χ1) is 15.0. The Bertz CT molecular complexity index is 967. The Kier molecular flexibility index (Phi) is 7.34. The van der Waals surface area contributed by atoms with Gasteiger partial charge in [0.25, 0.3) is 17.7 Å². The van der Waals surface area contributed by atoms with Gasteiger partial charge in [-0.05, 0) is 55.3 Å². The molecule has 0 aliphatic carbocycles. The summed E-state index contributed by atoms with van der Waals surface area (Å²) in [7, 11) is 1.24. The van der Waals surface area contributed by atoms with Crippen LogP contribution in [0.5, 0.6) is 0 Å². The summed E-state index contributed by atoms with van der Waals surface area (Å²) in [6.07, 6.45) is 1.08. The summed E-state index contributed by atoms with van der Waals surface area (Å²) in [5.41, 5.74) is 1.69. The first-order valence-electron chi connectivity index (χ1n) is 9.75. The summed E-state index contributed by atoms with van der Waals surface area (Å²) in [6.45, 7) is 0.347. The molecule has 0 aromatic heterocycles. The number of anilines is 2. The number of hydrogen-bond acceptors (Lipinski definition) is 6. The second-order valence-electron chi connectivity index (χ2n) is 6.86. The van der Waals surface area contributed by atoms with E-state index >= 15 is 0 Å². The van der Waals surface area contributed by atoms with Gasteiger partial charge in [0.2, 0.25) is 0 Å². The standard InChI is InChI=1S/C22H23N3O6/c1-30-19(26)13-23-20(27)14-7-9-16(10-8-14)24-21(28)15-4-2-5-17(12-15)25-22(29)18-6-3-11-31-18/h2,4-5,7-10,12,18H,3,6,11,13H2,1H3,(H,23,27)(H,24,28)(H,25,29). The Morgan fingerprint density at radius 3 is 2.42 bits per heavy atom. The van der Waals surface area contributed by atoms with Crippen molar-refractivity contribution in [1.82, 2.24) is 5.32 Å². The lowest BCUT2D eigenvalue weighted by atomic mass is 10.1. The van der Waals surface area contributed by atoms with Crippen LogP contribution in [0.1, 0.15) is 33.6 Å². The predicted octanol–water partition coefficient (Wildman–Crippen LogP) is 1.96. The molecule has 1 heterocycles. The van der Waals surface area contributed by atoms with Gasteiger partial charge in [0, 0.05) is 29.1 Å². The third-order valence-corrected chi connectivity index (χ3v) is 4.64. The van der Waals surface area contributed by atoms with Crippen LogP contribution in [0.15, 0.2) is 48.5 Å². The highest BCUT2D eigenvalue weighted by atomic mass is 16.5. The van der Waals surface area contributed by atoms with Crippen molar-refractivity contribution in [1.29, 1.82) is 0 Å². The van der Waals surface area contributed by atoms with Gasteiger partial charge in [-0.3, -0.25) is 19.2 Å². The molecule has 1 unspecified atom stereocenters. The molecule has 9 heteroatoms. The molecule has 1 aliphatic heterocycles. The fourth-order valence-corrected chi connectivity index (χ4v) is 2.98. The van der Waals surface area contributed by atoms with Crippen molar-refractivity contribution >= 4 is 35.1 Å². The van der Waals surface area contributed by atoms with Crippen LogP contribution in [0.2, 0.25) is 0 Å². The quantitative estimate of drug-likeness (QED) is 0.583. The molecule has 1 fully saturated rings. The van der Waals surface area contributed by atoms with Crippen LogP contribution in [-0.4, -0.2) is 50.1 Å². The van der Waals surface area contributed by atoms with Gasteiger partial charge in [-0.2, -0.15) is 0 Å².